The van der Waals surface area contributed by atoms with E-state index in [0.717, 1.165) is 11.3 Å². The second-order valence-electron chi connectivity index (χ2n) is 7.95. The second kappa shape index (κ2) is 10.5. The van der Waals surface area contributed by atoms with Gasteiger partial charge in [0.25, 0.3) is 5.91 Å². The molecular formula is C26H23ClN4O3S. The van der Waals surface area contributed by atoms with Gasteiger partial charge in [-0.05, 0) is 42.5 Å². The fourth-order valence-electron chi connectivity index (χ4n) is 3.82. The van der Waals surface area contributed by atoms with Gasteiger partial charge >= 0.3 is 0 Å². The monoisotopic (exact) mass is 506 g/mol. The van der Waals surface area contributed by atoms with Gasteiger partial charge in [0.15, 0.2) is 0 Å². The average molecular weight is 507 g/mol. The molecule has 1 aliphatic heterocycles. The highest BCUT2D eigenvalue weighted by Gasteiger charge is 2.21. The number of amides is 1. The van der Waals surface area contributed by atoms with E-state index in [0.29, 0.717) is 53.2 Å². The summed E-state index contributed by atoms with van der Waals surface area (Å²) in [5, 5.41) is 8.25. The van der Waals surface area contributed by atoms with Crippen LogP contribution in [0.15, 0.2) is 90.0 Å². The van der Waals surface area contributed by atoms with Crippen molar-refractivity contribution in [2.24, 2.45) is 0 Å². The number of nitrogens with one attached hydrogen (secondary N) is 1. The first kappa shape index (κ1) is 23.4. The zero-order chi connectivity index (χ0) is 24.2. The van der Waals surface area contributed by atoms with Crippen molar-refractivity contribution in [3.8, 4) is 16.9 Å². The van der Waals surface area contributed by atoms with E-state index in [2.05, 4.69) is 5.32 Å². The summed E-state index contributed by atoms with van der Waals surface area (Å²) in [6.45, 7) is 2.32. The Hall–Kier alpha value is -3.30. The second-order valence-corrected chi connectivity index (χ2v) is 9.87. The zero-order valence-corrected chi connectivity index (χ0v) is 20.3. The van der Waals surface area contributed by atoms with Crippen molar-refractivity contribution in [3.05, 3.63) is 95.6 Å². The standard InChI is InChI=1S/C26H23ClN4O3S/c27-20-11-9-19(10-12-20)25-24(18-31(29-25)22-6-2-1-3-7-22)26(32)28-21-5-4-8-23(17-21)35(33)30-13-15-34-16-14-30/h1-12,17-18H,13-16H2,(H,28,32). The number of para-hydroxylation sites is 1. The molecule has 0 bridgehead atoms. The lowest BCUT2D eigenvalue weighted by atomic mass is 10.1. The lowest BCUT2D eigenvalue weighted by molar-refractivity contribution is 0.0752. The maximum Gasteiger partial charge on any atom is 0.259 e. The molecule has 5 rings (SSSR count). The predicted molar refractivity (Wildman–Crippen MR) is 137 cm³/mol. The number of aromatic nitrogens is 2. The Morgan fingerprint density at radius 1 is 0.971 bits per heavy atom. The van der Waals surface area contributed by atoms with Crippen LogP contribution in [0.2, 0.25) is 5.02 Å². The Labute approximate surface area is 210 Å². The number of anilines is 1. The third-order valence-corrected chi connectivity index (χ3v) is 7.34. The lowest BCUT2D eigenvalue weighted by Crippen LogP contribution is -2.37. The SMILES string of the molecule is O=C(Nc1cccc(S(=O)N2CCOCC2)c1)c1cn(-c2ccccc2)nc1-c1ccc(Cl)cc1. The Kier molecular flexibility index (Phi) is 7.06. The first-order chi connectivity index (χ1) is 17.1. The summed E-state index contributed by atoms with van der Waals surface area (Å²) in [5.74, 6) is -0.313. The van der Waals surface area contributed by atoms with Crippen LogP contribution in [0.3, 0.4) is 0 Å². The lowest BCUT2D eigenvalue weighted by Gasteiger charge is -2.25. The van der Waals surface area contributed by atoms with Gasteiger partial charge in [-0.2, -0.15) is 5.10 Å². The molecule has 1 amide bonds. The predicted octanol–water partition coefficient (Wildman–Crippen LogP) is 4.80. The van der Waals surface area contributed by atoms with E-state index in [1.54, 1.807) is 47.3 Å². The summed E-state index contributed by atoms with van der Waals surface area (Å²) in [6, 6.07) is 23.9. The van der Waals surface area contributed by atoms with E-state index in [-0.39, 0.29) is 5.91 Å². The van der Waals surface area contributed by atoms with Crippen LogP contribution < -0.4 is 5.32 Å². The molecule has 0 aliphatic carbocycles. The van der Waals surface area contributed by atoms with E-state index in [4.69, 9.17) is 21.4 Å². The normalized spacial score (nSPS) is 15.0. The van der Waals surface area contributed by atoms with E-state index < -0.39 is 11.0 Å². The minimum Gasteiger partial charge on any atom is -0.379 e. The van der Waals surface area contributed by atoms with Crippen LogP contribution in [0.25, 0.3) is 16.9 Å². The molecule has 4 aromatic rings. The van der Waals surface area contributed by atoms with Crippen molar-refractivity contribution >= 4 is 34.2 Å². The number of rotatable bonds is 6. The van der Waals surface area contributed by atoms with Gasteiger partial charge in [0.2, 0.25) is 0 Å². The molecule has 1 aliphatic rings. The number of carbonyl (C=O) groups excluding carboxylic acids is 1. The Bertz CT molecular complexity index is 1350. The number of ether oxygens (including phenoxy) is 1. The third-order valence-electron chi connectivity index (χ3n) is 5.60. The van der Waals surface area contributed by atoms with Gasteiger partial charge in [-0.3, -0.25) is 4.79 Å². The van der Waals surface area contributed by atoms with Gasteiger partial charge in [0.05, 0.1) is 29.4 Å². The van der Waals surface area contributed by atoms with Crippen LogP contribution in [0.4, 0.5) is 5.69 Å². The van der Waals surface area contributed by atoms with Crippen molar-refractivity contribution < 1.29 is 13.7 Å². The Morgan fingerprint density at radius 2 is 1.71 bits per heavy atom. The van der Waals surface area contributed by atoms with Gasteiger partial charge in [-0.1, -0.05) is 48.0 Å². The molecular weight excluding hydrogens is 484 g/mol. The number of carbonyl (C=O) groups is 1. The quantitative estimate of drug-likeness (QED) is 0.407. The number of morpholine rings is 1. The fraction of sp³-hybridized carbons (Fsp3) is 0.154. The maximum absolute atomic E-state index is 13.4. The van der Waals surface area contributed by atoms with Crippen LogP contribution in [0.5, 0.6) is 0 Å². The van der Waals surface area contributed by atoms with Crippen molar-refractivity contribution in [2.45, 2.75) is 4.90 Å². The molecule has 9 heteroatoms. The van der Waals surface area contributed by atoms with Crippen LogP contribution in [-0.2, 0) is 15.7 Å². The smallest absolute Gasteiger partial charge is 0.259 e. The summed E-state index contributed by atoms with van der Waals surface area (Å²) in [7, 11) is -1.32. The first-order valence-corrected chi connectivity index (χ1v) is 12.6. The largest absolute Gasteiger partial charge is 0.379 e. The van der Waals surface area contributed by atoms with E-state index in [9.17, 15) is 9.00 Å². The Balaban J connectivity index is 1.44. The van der Waals surface area contributed by atoms with Gasteiger partial charge in [0, 0.05) is 35.6 Å². The molecule has 1 aromatic heterocycles. The van der Waals surface area contributed by atoms with E-state index in [1.165, 1.54) is 0 Å². The van der Waals surface area contributed by atoms with Gasteiger partial charge in [0.1, 0.15) is 16.7 Å². The van der Waals surface area contributed by atoms with Crippen molar-refractivity contribution in [3.63, 3.8) is 0 Å². The Morgan fingerprint density at radius 3 is 2.46 bits per heavy atom. The number of halogens is 1. The topological polar surface area (TPSA) is 76.5 Å². The highest BCUT2D eigenvalue weighted by Crippen LogP contribution is 2.26. The zero-order valence-electron chi connectivity index (χ0n) is 18.8. The molecule has 1 fully saturated rings. The molecule has 178 valence electrons. The van der Waals surface area contributed by atoms with E-state index >= 15 is 0 Å². The van der Waals surface area contributed by atoms with Crippen LogP contribution in [0, 0.1) is 0 Å². The molecule has 1 N–H and O–H groups in total. The van der Waals surface area contributed by atoms with Crippen LogP contribution in [-0.4, -0.2) is 50.5 Å². The number of hydrogen-bond donors (Lipinski definition) is 1. The third kappa shape index (κ3) is 5.36. The molecule has 35 heavy (non-hydrogen) atoms. The molecule has 0 saturated carbocycles. The van der Waals surface area contributed by atoms with Gasteiger partial charge < -0.3 is 10.1 Å². The molecule has 1 saturated heterocycles. The van der Waals surface area contributed by atoms with Crippen LogP contribution >= 0.6 is 11.6 Å². The molecule has 3 aromatic carbocycles. The maximum atomic E-state index is 13.4. The van der Waals surface area contributed by atoms with Gasteiger partial charge in [-0.25, -0.2) is 13.2 Å². The summed E-state index contributed by atoms with van der Waals surface area (Å²) in [4.78, 5) is 14.0. The van der Waals surface area contributed by atoms with Crippen molar-refractivity contribution in [1.29, 1.82) is 0 Å². The molecule has 1 unspecified atom stereocenters. The summed E-state index contributed by atoms with van der Waals surface area (Å²) >= 11 is 6.07. The first-order valence-electron chi connectivity index (χ1n) is 11.2. The molecule has 2 heterocycles. The van der Waals surface area contributed by atoms with Crippen LogP contribution in [0.1, 0.15) is 10.4 Å². The minimum atomic E-state index is -1.32. The molecule has 7 nitrogen and oxygen atoms in total. The number of hydrogen-bond acceptors (Lipinski definition) is 4. The fourth-order valence-corrected chi connectivity index (χ4v) is 5.14. The van der Waals surface area contributed by atoms with Crippen molar-refractivity contribution in [2.75, 3.05) is 31.6 Å². The summed E-state index contributed by atoms with van der Waals surface area (Å²) in [6.07, 6.45) is 1.71. The molecule has 1 atom stereocenters. The molecule has 0 radical (unpaired) electrons. The van der Waals surface area contributed by atoms with E-state index in [1.807, 2.05) is 46.8 Å². The highest BCUT2D eigenvalue weighted by atomic mass is 35.5. The number of benzene rings is 3. The summed E-state index contributed by atoms with van der Waals surface area (Å²) < 4.78 is 21.9. The highest BCUT2D eigenvalue weighted by molar-refractivity contribution is 7.82. The average Bonchev–Trinajstić information content (AvgIpc) is 3.36. The van der Waals surface area contributed by atoms with Crippen molar-refractivity contribution in [1.82, 2.24) is 14.1 Å². The summed E-state index contributed by atoms with van der Waals surface area (Å²) in [5.41, 5.74) is 3.12. The minimum absolute atomic E-state index is 0.313. The molecule has 0 spiro atoms. The number of nitrogens with zero attached hydrogens (tertiary/aromatic N) is 3. The van der Waals surface area contributed by atoms with Gasteiger partial charge in [-0.15, -0.1) is 0 Å².